The van der Waals surface area contributed by atoms with Gasteiger partial charge in [0.05, 0.1) is 5.25 Å². The first-order valence-electron chi connectivity index (χ1n) is 6.01. The average molecular weight is 272 g/mol. The molecule has 0 radical (unpaired) electrons. The summed E-state index contributed by atoms with van der Waals surface area (Å²) in [5.74, 6) is -0.296. The van der Waals surface area contributed by atoms with Crippen LogP contribution in [0.2, 0.25) is 0 Å². The summed E-state index contributed by atoms with van der Waals surface area (Å²) < 4.78 is 39.2. The van der Waals surface area contributed by atoms with Crippen LogP contribution in [0.15, 0.2) is 24.3 Å². The lowest BCUT2D eigenvalue weighted by atomic mass is 10.1. The molecule has 1 aliphatic rings. The highest BCUT2D eigenvalue weighted by Gasteiger charge is 2.27. The molecule has 100 valence electrons. The van der Waals surface area contributed by atoms with Gasteiger partial charge in [0.15, 0.2) is 0 Å². The third kappa shape index (κ3) is 3.51. The minimum atomic E-state index is -3.25. The first kappa shape index (κ1) is 13.5. The van der Waals surface area contributed by atoms with Crippen LogP contribution in [0.5, 0.6) is 0 Å². The van der Waals surface area contributed by atoms with Crippen LogP contribution >= 0.6 is 0 Å². The van der Waals surface area contributed by atoms with Crippen LogP contribution in [0.1, 0.15) is 12.0 Å². The Balaban J connectivity index is 1.84. The summed E-state index contributed by atoms with van der Waals surface area (Å²) in [7, 11) is -3.25. The summed E-state index contributed by atoms with van der Waals surface area (Å²) in [5.41, 5.74) is 0.794. The van der Waals surface area contributed by atoms with Gasteiger partial charge in [-0.3, -0.25) is 0 Å². The van der Waals surface area contributed by atoms with Crippen LogP contribution in [0.4, 0.5) is 4.39 Å². The number of hydrogen-bond donors (Lipinski definition) is 2. The van der Waals surface area contributed by atoms with Gasteiger partial charge in [0.1, 0.15) is 5.82 Å². The van der Waals surface area contributed by atoms with E-state index in [0.717, 1.165) is 12.1 Å². The molecule has 0 amide bonds. The van der Waals surface area contributed by atoms with E-state index in [-0.39, 0.29) is 11.1 Å². The number of sulfonamides is 1. The summed E-state index contributed by atoms with van der Waals surface area (Å²) in [6.45, 7) is 1.56. The summed E-state index contributed by atoms with van der Waals surface area (Å²) in [4.78, 5) is 0. The Morgan fingerprint density at radius 1 is 1.44 bits per heavy atom. The van der Waals surface area contributed by atoms with Crippen LogP contribution in [0.3, 0.4) is 0 Å². The molecule has 1 saturated heterocycles. The SMILES string of the molecule is O=S(=O)(NCCc1cccc(F)c1)C1CCNC1. The van der Waals surface area contributed by atoms with Crippen molar-refractivity contribution in [2.45, 2.75) is 18.1 Å². The van der Waals surface area contributed by atoms with Gasteiger partial charge in [-0.25, -0.2) is 17.5 Å². The molecule has 0 aromatic heterocycles. The predicted molar refractivity (Wildman–Crippen MR) is 68.3 cm³/mol. The van der Waals surface area contributed by atoms with E-state index in [4.69, 9.17) is 0 Å². The van der Waals surface area contributed by atoms with Gasteiger partial charge in [-0.2, -0.15) is 0 Å². The Kier molecular flexibility index (Phi) is 4.31. The maximum Gasteiger partial charge on any atom is 0.215 e. The van der Waals surface area contributed by atoms with Crippen LogP contribution in [-0.2, 0) is 16.4 Å². The fourth-order valence-electron chi connectivity index (χ4n) is 2.04. The van der Waals surface area contributed by atoms with Crippen molar-refractivity contribution >= 4 is 10.0 Å². The van der Waals surface area contributed by atoms with E-state index in [1.165, 1.54) is 12.1 Å². The normalized spacial score (nSPS) is 20.2. The van der Waals surface area contributed by atoms with E-state index >= 15 is 0 Å². The molecule has 2 rings (SSSR count). The van der Waals surface area contributed by atoms with Gasteiger partial charge in [-0.15, -0.1) is 0 Å². The Bertz CT molecular complexity index is 499. The number of benzene rings is 1. The molecule has 1 aromatic rings. The first-order valence-corrected chi connectivity index (χ1v) is 7.56. The smallest absolute Gasteiger partial charge is 0.215 e. The van der Waals surface area contributed by atoms with Crippen LogP contribution in [0, 0.1) is 5.82 Å². The zero-order chi connectivity index (χ0) is 13.0. The quantitative estimate of drug-likeness (QED) is 0.827. The van der Waals surface area contributed by atoms with Gasteiger partial charge >= 0.3 is 0 Å². The Morgan fingerprint density at radius 3 is 2.94 bits per heavy atom. The zero-order valence-electron chi connectivity index (χ0n) is 10.0. The molecule has 1 aliphatic heterocycles. The van der Waals surface area contributed by atoms with Gasteiger partial charge < -0.3 is 5.32 Å². The number of hydrogen-bond acceptors (Lipinski definition) is 3. The molecule has 18 heavy (non-hydrogen) atoms. The fourth-order valence-corrected chi connectivity index (χ4v) is 3.43. The molecule has 0 bridgehead atoms. The summed E-state index contributed by atoms with van der Waals surface area (Å²) in [6.07, 6.45) is 1.15. The largest absolute Gasteiger partial charge is 0.315 e. The molecule has 2 N–H and O–H groups in total. The van der Waals surface area contributed by atoms with E-state index in [0.29, 0.717) is 25.9 Å². The molecule has 0 spiro atoms. The Hall–Kier alpha value is -0.980. The lowest BCUT2D eigenvalue weighted by molar-refractivity contribution is 0.568. The van der Waals surface area contributed by atoms with Crippen LogP contribution in [0.25, 0.3) is 0 Å². The van der Waals surface area contributed by atoms with Crippen molar-refractivity contribution in [2.75, 3.05) is 19.6 Å². The van der Waals surface area contributed by atoms with E-state index < -0.39 is 10.0 Å². The Morgan fingerprint density at radius 2 is 2.28 bits per heavy atom. The zero-order valence-corrected chi connectivity index (χ0v) is 10.8. The molecule has 0 aliphatic carbocycles. The molecule has 1 unspecified atom stereocenters. The molecule has 4 nitrogen and oxygen atoms in total. The average Bonchev–Trinajstić information content (AvgIpc) is 2.83. The van der Waals surface area contributed by atoms with Crippen molar-refractivity contribution in [3.8, 4) is 0 Å². The molecule has 1 atom stereocenters. The van der Waals surface area contributed by atoms with Gasteiger partial charge in [0, 0.05) is 13.1 Å². The third-order valence-corrected chi connectivity index (χ3v) is 4.95. The molecule has 1 heterocycles. The second-order valence-electron chi connectivity index (χ2n) is 4.43. The number of rotatable bonds is 5. The minimum absolute atomic E-state index is 0.296. The fraction of sp³-hybridized carbons (Fsp3) is 0.500. The minimum Gasteiger partial charge on any atom is -0.315 e. The van der Waals surface area contributed by atoms with Gasteiger partial charge in [-0.1, -0.05) is 12.1 Å². The Labute approximate surface area is 107 Å². The number of nitrogens with one attached hydrogen (secondary N) is 2. The second-order valence-corrected chi connectivity index (χ2v) is 6.48. The summed E-state index contributed by atoms with van der Waals surface area (Å²) in [5, 5.41) is 2.68. The lowest BCUT2D eigenvalue weighted by Gasteiger charge is -2.11. The van der Waals surface area contributed by atoms with Gasteiger partial charge in [0.25, 0.3) is 0 Å². The molecular weight excluding hydrogens is 255 g/mol. The monoisotopic (exact) mass is 272 g/mol. The maximum atomic E-state index is 12.9. The van der Waals surface area contributed by atoms with Crippen molar-refractivity contribution in [2.24, 2.45) is 0 Å². The summed E-state index contributed by atoms with van der Waals surface area (Å²) >= 11 is 0. The third-order valence-electron chi connectivity index (χ3n) is 3.06. The van der Waals surface area contributed by atoms with Crippen molar-refractivity contribution in [1.29, 1.82) is 0 Å². The molecule has 1 aromatic carbocycles. The van der Waals surface area contributed by atoms with Crippen LogP contribution < -0.4 is 10.0 Å². The molecule has 1 fully saturated rings. The topological polar surface area (TPSA) is 58.2 Å². The van der Waals surface area contributed by atoms with E-state index in [1.807, 2.05) is 0 Å². The standard InChI is InChI=1S/C12H17FN2O2S/c13-11-3-1-2-10(8-11)4-7-15-18(16,17)12-5-6-14-9-12/h1-3,8,12,14-15H,4-7,9H2. The molecule has 6 heteroatoms. The van der Waals surface area contributed by atoms with Crippen molar-refractivity contribution in [3.05, 3.63) is 35.6 Å². The van der Waals surface area contributed by atoms with Crippen LogP contribution in [-0.4, -0.2) is 33.3 Å². The highest BCUT2D eigenvalue weighted by Crippen LogP contribution is 2.09. The van der Waals surface area contributed by atoms with E-state index in [9.17, 15) is 12.8 Å². The second kappa shape index (κ2) is 5.77. The van der Waals surface area contributed by atoms with Crippen molar-refractivity contribution in [3.63, 3.8) is 0 Å². The first-order chi connectivity index (χ1) is 8.58. The van der Waals surface area contributed by atoms with Gasteiger partial charge in [-0.05, 0) is 37.1 Å². The highest BCUT2D eigenvalue weighted by atomic mass is 32.2. The van der Waals surface area contributed by atoms with Crippen molar-refractivity contribution in [1.82, 2.24) is 10.0 Å². The van der Waals surface area contributed by atoms with E-state index in [1.54, 1.807) is 12.1 Å². The van der Waals surface area contributed by atoms with Crippen molar-refractivity contribution < 1.29 is 12.8 Å². The van der Waals surface area contributed by atoms with E-state index in [2.05, 4.69) is 10.0 Å². The number of halogens is 1. The molecular formula is C12H17FN2O2S. The summed E-state index contributed by atoms with van der Waals surface area (Å²) in [6, 6.07) is 6.21. The maximum absolute atomic E-state index is 12.9. The lowest BCUT2D eigenvalue weighted by Crippen LogP contribution is -2.36. The molecule has 0 saturated carbocycles. The predicted octanol–water partition coefficient (Wildman–Crippen LogP) is 0.649. The highest BCUT2D eigenvalue weighted by molar-refractivity contribution is 7.90. The van der Waals surface area contributed by atoms with Gasteiger partial charge in [0.2, 0.25) is 10.0 Å².